The molecule has 0 bridgehead atoms. The van der Waals surface area contributed by atoms with Crippen molar-refractivity contribution in [3.8, 4) is 0 Å². The van der Waals surface area contributed by atoms with Gasteiger partial charge in [-0.25, -0.2) is 4.39 Å². The summed E-state index contributed by atoms with van der Waals surface area (Å²) in [7, 11) is 0. The van der Waals surface area contributed by atoms with E-state index in [0.717, 1.165) is 36.1 Å². The van der Waals surface area contributed by atoms with Gasteiger partial charge in [-0.1, -0.05) is 37.5 Å². The third kappa shape index (κ3) is 5.84. The lowest BCUT2D eigenvalue weighted by atomic mass is 9.94. The summed E-state index contributed by atoms with van der Waals surface area (Å²) in [5.41, 5.74) is 1.55. The SMILES string of the molecule is O=C(NC1CCCCC1)[C@H](c1ccc(F)cc1)N(Cc1cccs1)C(=O)Cc1ccsc1. The fraction of sp³-hybridized carbons (Fsp3) is 0.360. The molecule has 2 aromatic heterocycles. The first-order chi connectivity index (χ1) is 15.6. The van der Waals surface area contributed by atoms with E-state index in [1.165, 1.54) is 18.6 Å². The maximum Gasteiger partial charge on any atom is 0.247 e. The van der Waals surface area contributed by atoms with Crippen molar-refractivity contribution in [2.45, 2.75) is 57.2 Å². The van der Waals surface area contributed by atoms with E-state index in [1.54, 1.807) is 39.7 Å². The molecule has 0 aliphatic heterocycles. The lowest BCUT2D eigenvalue weighted by molar-refractivity contribution is -0.141. The Hall–Kier alpha value is -2.51. The zero-order valence-corrected chi connectivity index (χ0v) is 19.5. The number of amides is 2. The van der Waals surface area contributed by atoms with Crippen LogP contribution in [0.15, 0.2) is 58.6 Å². The monoisotopic (exact) mass is 470 g/mol. The van der Waals surface area contributed by atoms with E-state index in [4.69, 9.17) is 0 Å². The highest BCUT2D eigenvalue weighted by atomic mass is 32.1. The van der Waals surface area contributed by atoms with Gasteiger partial charge in [-0.3, -0.25) is 9.59 Å². The van der Waals surface area contributed by atoms with Gasteiger partial charge in [-0.05, 0) is 64.4 Å². The minimum Gasteiger partial charge on any atom is -0.351 e. The lowest BCUT2D eigenvalue weighted by Crippen LogP contribution is -2.47. The summed E-state index contributed by atoms with van der Waals surface area (Å²) >= 11 is 3.10. The number of thiophene rings is 2. The van der Waals surface area contributed by atoms with Gasteiger partial charge in [0, 0.05) is 10.9 Å². The van der Waals surface area contributed by atoms with Crippen LogP contribution in [0.5, 0.6) is 0 Å². The average Bonchev–Trinajstić information content (AvgIpc) is 3.49. The van der Waals surface area contributed by atoms with Crippen LogP contribution in [-0.2, 0) is 22.6 Å². The third-order valence-corrected chi connectivity index (χ3v) is 7.45. The minimum absolute atomic E-state index is 0.120. The van der Waals surface area contributed by atoms with E-state index in [9.17, 15) is 14.0 Å². The van der Waals surface area contributed by atoms with Crippen molar-refractivity contribution in [3.63, 3.8) is 0 Å². The molecular formula is C25H27FN2O2S2. The molecule has 1 aliphatic carbocycles. The minimum atomic E-state index is -0.814. The van der Waals surface area contributed by atoms with Gasteiger partial charge in [0.05, 0.1) is 13.0 Å². The molecule has 1 saturated carbocycles. The van der Waals surface area contributed by atoms with Crippen LogP contribution in [-0.4, -0.2) is 22.8 Å². The number of hydrogen-bond donors (Lipinski definition) is 1. The molecule has 0 saturated heterocycles. The summed E-state index contributed by atoms with van der Waals surface area (Å²) in [4.78, 5) is 29.7. The Morgan fingerprint density at radius 1 is 1.06 bits per heavy atom. The van der Waals surface area contributed by atoms with E-state index in [-0.39, 0.29) is 30.1 Å². The van der Waals surface area contributed by atoms with Gasteiger partial charge >= 0.3 is 0 Å². The fourth-order valence-corrected chi connectivity index (χ4v) is 5.58. The predicted molar refractivity (Wildman–Crippen MR) is 127 cm³/mol. The van der Waals surface area contributed by atoms with Gasteiger partial charge in [0.15, 0.2) is 0 Å². The molecule has 2 amide bonds. The summed E-state index contributed by atoms with van der Waals surface area (Å²) in [6.07, 6.45) is 5.52. The van der Waals surface area contributed by atoms with Gasteiger partial charge in [0.2, 0.25) is 11.8 Å². The first-order valence-electron chi connectivity index (χ1n) is 11.0. The Labute approximate surface area is 196 Å². The Morgan fingerprint density at radius 3 is 2.50 bits per heavy atom. The molecule has 4 rings (SSSR count). The summed E-state index contributed by atoms with van der Waals surface area (Å²) in [6, 6.07) is 11.1. The zero-order valence-electron chi connectivity index (χ0n) is 17.8. The highest BCUT2D eigenvalue weighted by Crippen LogP contribution is 2.28. The number of nitrogens with zero attached hydrogens (tertiary/aromatic N) is 1. The summed E-state index contributed by atoms with van der Waals surface area (Å²) < 4.78 is 13.7. The number of nitrogens with one attached hydrogen (secondary N) is 1. The van der Waals surface area contributed by atoms with Gasteiger partial charge in [0.25, 0.3) is 0 Å². The Bertz CT molecular complexity index is 997. The molecule has 1 fully saturated rings. The highest BCUT2D eigenvalue weighted by Gasteiger charge is 2.33. The van der Waals surface area contributed by atoms with E-state index in [2.05, 4.69) is 5.32 Å². The van der Waals surface area contributed by atoms with E-state index in [1.807, 2.05) is 34.3 Å². The molecule has 1 aliphatic rings. The molecule has 4 nitrogen and oxygen atoms in total. The molecule has 32 heavy (non-hydrogen) atoms. The molecule has 7 heteroatoms. The van der Waals surface area contributed by atoms with Crippen LogP contribution in [0.2, 0.25) is 0 Å². The molecule has 168 valence electrons. The Morgan fingerprint density at radius 2 is 1.84 bits per heavy atom. The number of hydrogen-bond acceptors (Lipinski definition) is 4. The van der Waals surface area contributed by atoms with E-state index < -0.39 is 6.04 Å². The normalized spacial score (nSPS) is 15.3. The smallest absolute Gasteiger partial charge is 0.247 e. The molecule has 1 atom stereocenters. The third-order valence-electron chi connectivity index (χ3n) is 5.86. The summed E-state index contributed by atoms with van der Waals surface area (Å²) in [5, 5.41) is 9.05. The van der Waals surface area contributed by atoms with Crippen molar-refractivity contribution >= 4 is 34.5 Å². The summed E-state index contributed by atoms with van der Waals surface area (Å²) in [5.74, 6) is -0.682. The number of halogens is 1. The van der Waals surface area contributed by atoms with E-state index >= 15 is 0 Å². The second-order valence-corrected chi connectivity index (χ2v) is 10.0. The molecule has 1 N–H and O–H groups in total. The standard InChI is InChI=1S/C25H27FN2O2S2/c26-20-10-8-19(9-11-20)24(25(30)27-21-5-2-1-3-6-21)28(16-22-7-4-13-32-22)23(29)15-18-12-14-31-17-18/h4,7-14,17,21,24H,1-3,5-6,15-16H2,(H,27,30)/t24-/m0/s1. The van der Waals surface area contributed by atoms with Crippen molar-refractivity contribution in [2.24, 2.45) is 0 Å². The number of carbonyl (C=O) groups excluding carboxylic acids is 2. The van der Waals surface area contributed by atoms with Crippen molar-refractivity contribution in [2.75, 3.05) is 0 Å². The van der Waals surface area contributed by atoms with E-state index in [0.29, 0.717) is 12.1 Å². The van der Waals surface area contributed by atoms with Crippen molar-refractivity contribution < 1.29 is 14.0 Å². The molecular weight excluding hydrogens is 443 g/mol. The Balaban J connectivity index is 1.66. The zero-order chi connectivity index (χ0) is 22.3. The van der Waals surface area contributed by atoms with Crippen LogP contribution in [0.3, 0.4) is 0 Å². The fourth-order valence-electron chi connectivity index (χ4n) is 4.21. The lowest BCUT2D eigenvalue weighted by Gasteiger charge is -2.33. The average molecular weight is 471 g/mol. The highest BCUT2D eigenvalue weighted by molar-refractivity contribution is 7.09. The van der Waals surface area contributed by atoms with Crippen LogP contribution in [0.25, 0.3) is 0 Å². The van der Waals surface area contributed by atoms with Gasteiger partial charge in [0.1, 0.15) is 11.9 Å². The maximum atomic E-state index is 13.7. The van der Waals surface area contributed by atoms with Crippen LogP contribution >= 0.6 is 22.7 Å². The van der Waals surface area contributed by atoms with Crippen molar-refractivity contribution in [1.82, 2.24) is 10.2 Å². The topological polar surface area (TPSA) is 49.4 Å². The van der Waals surface area contributed by atoms with Crippen LogP contribution in [0, 0.1) is 5.82 Å². The number of benzene rings is 1. The molecule has 2 heterocycles. The summed E-state index contributed by atoms with van der Waals surface area (Å²) in [6.45, 7) is 0.334. The number of rotatable bonds is 8. The second-order valence-electron chi connectivity index (χ2n) is 8.21. The quantitative estimate of drug-likeness (QED) is 0.458. The van der Waals surface area contributed by atoms with Crippen molar-refractivity contribution in [1.29, 1.82) is 0 Å². The number of carbonyl (C=O) groups is 2. The first kappa shape index (κ1) is 22.7. The second kappa shape index (κ2) is 10.9. The molecule has 3 aromatic rings. The van der Waals surface area contributed by atoms with Gasteiger partial charge in [-0.2, -0.15) is 11.3 Å². The van der Waals surface area contributed by atoms with Crippen LogP contribution in [0.1, 0.15) is 54.1 Å². The first-order valence-corrected chi connectivity index (χ1v) is 12.8. The van der Waals surface area contributed by atoms with Crippen molar-refractivity contribution in [3.05, 3.63) is 80.4 Å². The van der Waals surface area contributed by atoms with Gasteiger partial charge in [-0.15, -0.1) is 11.3 Å². The molecule has 0 radical (unpaired) electrons. The Kier molecular flexibility index (Phi) is 7.71. The molecule has 1 aromatic carbocycles. The van der Waals surface area contributed by atoms with Gasteiger partial charge < -0.3 is 10.2 Å². The molecule has 0 spiro atoms. The maximum absolute atomic E-state index is 13.7. The predicted octanol–water partition coefficient (Wildman–Crippen LogP) is 5.71. The van der Waals surface area contributed by atoms with Crippen LogP contribution < -0.4 is 5.32 Å². The largest absolute Gasteiger partial charge is 0.351 e. The molecule has 0 unspecified atom stereocenters. The van der Waals surface area contributed by atoms with Crippen LogP contribution in [0.4, 0.5) is 4.39 Å².